The van der Waals surface area contributed by atoms with E-state index in [2.05, 4.69) is 10.6 Å². The molecule has 2 aliphatic heterocycles. The zero-order valence-corrected chi connectivity index (χ0v) is 14.8. The Hall–Kier alpha value is -2.09. The lowest BCUT2D eigenvalue weighted by Gasteiger charge is -2.29. The Morgan fingerprint density at radius 2 is 1.96 bits per heavy atom. The number of fused-ring (bicyclic) bond motifs is 1. The molecule has 2 aromatic rings. The van der Waals surface area contributed by atoms with Crippen molar-refractivity contribution in [3.8, 4) is 5.75 Å². The number of nitrogens with one attached hydrogen (secondary N) is 2. The molecule has 0 radical (unpaired) electrons. The number of ether oxygens (including phenoxy) is 1. The summed E-state index contributed by atoms with van der Waals surface area (Å²) in [4.78, 5) is 0.261. The molecular weight excluding hydrogens is 338 g/mol. The maximum atomic E-state index is 13.0. The van der Waals surface area contributed by atoms with Crippen molar-refractivity contribution in [1.29, 1.82) is 0 Å². The van der Waals surface area contributed by atoms with Crippen LogP contribution in [0.4, 0.5) is 5.69 Å². The van der Waals surface area contributed by atoms with Crippen molar-refractivity contribution >= 4 is 15.7 Å². The van der Waals surface area contributed by atoms with E-state index in [1.807, 2.05) is 18.2 Å². The van der Waals surface area contributed by atoms with E-state index in [0.717, 1.165) is 29.9 Å². The molecule has 2 N–H and O–H groups in total. The summed E-state index contributed by atoms with van der Waals surface area (Å²) in [5.74, 6) is 0.539. The first-order chi connectivity index (χ1) is 12.1. The normalized spacial score (nSPS) is 17.8. The van der Waals surface area contributed by atoms with Crippen LogP contribution in [0, 0.1) is 0 Å². The molecule has 4 rings (SSSR count). The van der Waals surface area contributed by atoms with Crippen molar-refractivity contribution in [2.75, 3.05) is 25.5 Å². The second-order valence-corrected chi connectivity index (χ2v) is 8.33. The van der Waals surface area contributed by atoms with Gasteiger partial charge in [-0.1, -0.05) is 18.2 Å². The summed E-state index contributed by atoms with van der Waals surface area (Å²) < 4.78 is 32.7. The van der Waals surface area contributed by atoms with Gasteiger partial charge in [0.25, 0.3) is 0 Å². The summed E-state index contributed by atoms with van der Waals surface area (Å²) in [5, 5.41) is 6.74. The summed E-state index contributed by atoms with van der Waals surface area (Å²) in [6.45, 7) is 2.66. The average Bonchev–Trinajstić information content (AvgIpc) is 3.04. The van der Waals surface area contributed by atoms with E-state index in [1.54, 1.807) is 24.3 Å². The molecule has 6 nitrogen and oxygen atoms in total. The van der Waals surface area contributed by atoms with Gasteiger partial charge >= 0.3 is 0 Å². The van der Waals surface area contributed by atoms with E-state index in [-0.39, 0.29) is 4.90 Å². The van der Waals surface area contributed by atoms with Crippen LogP contribution in [0.5, 0.6) is 5.75 Å². The van der Waals surface area contributed by atoms with Crippen molar-refractivity contribution in [3.05, 3.63) is 53.6 Å². The third kappa shape index (κ3) is 2.99. The van der Waals surface area contributed by atoms with Crippen molar-refractivity contribution in [3.63, 3.8) is 0 Å². The van der Waals surface area contributed by atoms with Gasteiger partial charge in [0.2, 0.25) is 10.0 Å². The highest BCUT2D eigenvalue weighted by Crippen LogP contribution is 2.34. The van der Waals surface area contributed by atoms with Crippen LogP contribution in [0.3, 0.4) is 0 Å². The fourth-order valence-electron chi connectivity index (χ4n) is 3.22. The zero-order chi connectivity index (χ0) is 17.4. The fourth-order valence-corrected chi connectivity index (χ4v) is 4.64. The number of rotatable bonds is 5. The van der Waals surface area contributed by atoms with Gasteiger partial charge in [-0.3, -0.25) is 0 Å². The first-order valence-corrected chi connectivity index (χ1v) is 9.74. The summed E-state index contributed by atoms with van der Waals surface area (Å²) in [7, 11) is -2.03. The number of sulfonamides is 1. The Labute approximate surface area is 147 Å². The molecule has 2 aromatic carbocycles. The van der Waals surface area contributed by atoms with Crippen molar-refractivity contribution in [2.24, 2.45) is 0 Å². The molecule has 132 valence electrons. The lowest BCUT2D eigenvalue weighted by atomic mass is 10.1. The van der Waals surface area contributed by atoms with E-state index in [4.69, 9.17) is 4.74 Å². The van der Waals surface area contributed by atoms with Crippen LogP contribution in [0.1, 0.15) is 11.1 Å². The van der Waals surface area contributed by atoms with Gasteiger partial charge in [-0.25, -0.2) is 8.42 Å². The Kier molecular flexibility index (Phi) is 4.15. The van der Waals surface area contributed by atoms with E-state index in [1.165, 1.54) is 11.4 Å². The highest BCUT2D eigenvalue weighted by atomic mass is 32.2. The Balaban J connectivity index is 1.61. The van der Waals surface area contributed by atoms with E-state index in [9.17, 15) is 8.42 Å². The maximum Gasteiger partial charge on any atom is 0.243 e. The number of methoxy groups -OCH3 is 1. The molecule has 0 bridgehead atoms. The highest BCUT2D eigenvalue weighted by Gasteiger charge is 2.32. The summed E-state index contributed by atoms with van der Waals surface area (Å²) in [6.07, 6.45) is 0. The molecule has 1 fully saturated rings. The number of anilines is 1. The molecule has 1 saturated heterocycles. The lowest BCUT2D eigenvalue weighted by Crippen LogP contribution is -2.51. The van der Waals surface area contributed by atoms with Crippen LogP contribution in [0.15, 0.2) is 47.4 Å². The Morgan fingerprint density at radius 1 is 1.16 bits per heavy atom. The van der Waals surface area contributed by atoms with Gasteiger partial charge in [-0.2, -0.15) is 4.31 Å². The molecular formula is C18H21N3O3S. The highest BCUT2D eigenvalue weighted by molar-refractivity contribution is 7.89. The predicted octanol–water partition coefficient (Wildman–Crippen LogP) is 1.78. The van der Waals surface area contributed by atoms with Crippen molar-refractivity contribution < 1.29 is 13.2 Å². The van der Waals surface area contributed by atoms with Crippen LogP contribution >= 0.6 is 0 Å². The molecule has 0 aromatic heterocycles. The van der Waals surface area contributed by atoms with Crippen LogP contribution in [-0.2, 0) is 23.1 Å². The van der Waals surface area contributed by atoms with Gasteiger partial charge in [-0.15, -0.1) is 0 Å². The zero-order valence-electron chi connectivity index (χ0n) is 14.0. The molecule has 2 aliphatic rings. The van der Waals surface area contributed by atoms with Gasteiger partial charge in [0.1, 0.15) is 5.75 Å². The topological polar surface area (TPSA) is 70.7 Å². The van der Waals surface area contributed by atoms with Gasteiger partial charge in [0.05, 0.1) is 18.0 Å². The van der Waals surface area contributed by atoms with Crippen molar-refractivity contribution in [1.82, 2.24) is 9.62 Å². The van der Waals surface area contributed by atoms with Gasteiger partial charge in [0.15, 0.2) is 0 Å². The quantitative estimate of drug-likeness (QED) is 0.852. The summed E-state index contributed by atoms with van der Waals surface area (Å²) in [6, 6.07) is 13.0. The smallest absolute Gasteiger partial charge is 0.243 e. The Bertz CT molecular complexity index is 894. The molecule has 0 saturated carbocycles. The minimum absolute atomic E-state index is 0.261. The monoisotopic (exact) mass is 359 g/mol. The standard InChI is InChI=1S/C18H21N3O3S/c1-24-15-5-3-6-16(8-15)25(22,23)21-11-13-4-2-7-18(17(13)12-21)20-14-9-19-10-14/h2-8,14,19-20H,9-12H2,1H3. The number of nitrogens with zero attached hydrogens (tertiary/aromatic N) is 1. The van der Waals surface area contributed by atoms with E-state index < -0.39 is 10.0 Å². The summed E-state index contributed by atoms with van der Waals surface area (Å²) in [5.41, 5.74) is 3.16. The second-order valence-electron chi connectivity index (χ2n) is 6.39. The third-order valence-corrected chi connectivity index (χ3v) is 6.56. The fraction of sp³-hybridized carbons (Fsp3) is 0.333. The van der Waals surface area contributed by atoms with E-state index >= 15 is 0 Å². The molecule has 0 aliphatic carbocycles. The first kappa shape index (κ1) is 16.4. The number of hydrogen-bond acceptors (Lipinski definition) is 5. The summed E-state index contributed by atoms with van der Waals surface area (Å²) >= 11 is 0. The minimum atomic E-state index is -3.56. The Morgan fingerprint density at radius 3 is 2.68 bits per heavy atom. The SMILES string of the molecule is COc1cccc(S(=O)(=O)N2Cc3cccc(NC4CNC4)c3C2)c1. The van der Waals surface area contributed by atoms with E-state index in [0.29, 0.717) is 24.9 Å². The lowest BCUT2D eigenvalue weighted by molar-refractivity contribution is 0.411. The van der Waals surface area contributed by atoms with Crippen LogP contribution in [-0.4, -0.2) is 39.0 Å². The van der Waals surface area contributed by atoms with Crippen molar-refractivity contribution in [2.45, 2.75) is 24.0 Å². The molecule has 25 heavy (non-hydrogen) atoms. The second kappa shape index (κ2) is 6.33. The molecule has 0 spiro atoms. The molecule has 0 unspecified atom stereocenters. The largest absolute Gasteiger partial charge is 0.497 e. The molecule has 0 atom stereocenters. The number of hydrogen-bond donors (Lipinski definition) is 2. The third-order valence-electron chi connectivity index (χ3n) is 4.77. The van der Waals surface area contributed by atoms with Crippen LogP contribution in [0.25, 0.3) is 0 Å². The molecule has 2 heterocycles. The first-order valence-electron chi connectivity index (χ1n) is 8.30. The van der Waals surface area contributed by atoms with Gasteiger partial charge < -0.3 is 15.4 Å². The molecule has 7 heteroatoms. The average molecular weight is 359 g/mol. The maximum absolute atomic E-state index is 13.0. The molecule has 0 amide bonds. The van der Waals surface area contributed by atoms with Gasteiger partial charge in [-0.05, 0) is 29.3 Å². The predicted molar refractivity (Wildman–Crippen MR) is 96.1 cm³/mol. The minimum Gasteiger partial charge on any atom is -0.497 e. The van der Waals surface area contributed by atoms with Gasteiger partial charge in [0, 0.05) is 37.9 Å². The van der Waals surface area contributed by atoms with Crippen LogP contribution in [0.2, 0.25) is 0 Å². The number of benzene rings is 2. The van der Waals surface area contributed by atoms with Crippen LogP contribution < -0.4 is 15.4 Å².